The number of methoxy groups -OCH3 is 1. The summed E-state index contributed by atoms with van der Waals surface area (Å²) in [7, 11) is 1.55. The van der Waals surface area contributed by atoms with E-state index in [1.807, 2.05) is 0 Å². The summed E-state index contributed by atoms with van der Waals surface area (Å²) in [6.07, 6.45) is -0.793. The van der Waals surface area contributed by atoms with E-state index in [9.17, 15) is 4.79 Å². The van der Waals surface area contributed by atoms with Crippen LogP contribution in [0, 0.1) is 0 Å². The number of oxazole rings is 1. The van der Waals surface area contributed by atoms with E-state index in [4.69, 9.17) is 48.7 Å². The lowest BCUT2D eigenvalue weighted by Gasteiger charge is -2.15. The number of nitrogens with one attached hydrogen (secondary N) is 1. The van der Waals surface area contributed by atoms with Crippen LogP contribution in [-0.4, -0.2) is 24.1 Å². The average Bonchev–Trinajstić information content (AvgIpc) is 3.19. The van der Waals surface area contributed by atoms with Gasteiger partial charge in [0, 0.05) is 16.3 Å². The van der Waals surface area contributed by atoms with Crippen LogP contribution in [-0.2, 0) is 4.79 Å². The fraction of sp³-hybridized carbons (Fsp3) is 0.130. The number of anilines is 1. The molecule has 1 atom stereocenters. The molecule has 1 heterocycles. The smallest absolute Gasteiger partial charge is 0.265 e. The zero-order valence-electron chi connectivity index (χ0n) is 17.0. The Balaban J connectivity index is 1.50. The first-order valence-electron chi connectivity index (χ1n) is 9.51. The van der Waals surface area contributed by atoms with Gasteiger partial charge in [-0.2, -0.15) is 0 Å². The second-order valence-electron chi connectivity index (χ2n) is 6.87. The monoisotopic (exact) mass is 490 g/mol. The molecule has 9 heteroatoms. The summed E-state index contributed by atoms with van der Waals surface area (Å²) in [4.78, 5) is 17.1. The maximum absolute atomic E-state index is 12.6. The van der Waals surface area contributed by atoms with Crippen LogP contribution in [0.3, 0.4) is 0 Å². The second kappa shape index (κ2) is 9.28. The zero-order chi connectivity index (χ0) is 22.8. The fourth-order valence-electron chi connectivity index (χ4n) is 2.99. The number of nitrogens with zero attached hydrogens (tertiary/aromatic N) is 1. The van der Waals surface area contributed by atoms with E-state index in [0.717, 1.165) is 0 Å². The van der Waals surface area contributed by atoms with Gasteiger partial charge in [0.15, 0.2) is 11.7 Å². The summed E-state index contributed by atoms with van der Waals surface area (Å²) in [5, 5.41) is 4.07. The highest BCUT2D eigenvalue weighted by molar-refractivity contribution is 6.35. The second-order valence-corrected chi connectivity index (χ2v) is 8.13. The number of carbonyl (C=O) groups is 1. The summed E-state index contributed by atoms with van der Waals surface area (Å²) in [6.45, 7) is 1.63. The third-order valence-electron chi connectivity index (χ3n) is 4.62. The largest absolute Gasteiger partial charge is 0.495 e. The van der Waals surface area contributed by atoms with Gasteiger partial charge in [-0.05, 0) is 61.5 Å². The Morgan fingerprint density at radius 3 is 2.47 bits per heavy atom. The van der Waals surface area contributed by atoms with E-state index in [2.05, 4.69) is 10.3 Å². The van der Waals surface area contributed by atoms with Gasteiger partial charge < -0.3 is 19.2 Å². The molecule has 32 heavy (non-hydrogen) atoms. The van der Waals surface area contributed by atoms with Gasteiger partial charge in [-0.3, -0.25) is 4.79 Å². The molecular weight excluding hydrogens is 475 g/mol. The number of ether oxygens (including phenoxy) is 2. The van der Waals surface area contributed by atoms with E-state index in [1.54, 1.807) is 68.6 Å². The molecule has 0 aliphatic rings. The van der Waals surface area contributed by atoms with E-state index in [1.165, 1.54) is 0 Å². The molecule has 0 spiro atoms. The van der Waals surface area contributed by atoms with Gasteiger partial charge in [-0.1, -0.05) is 34.8 Å². The summed E-state index contributed by atoms with van der Waals surface area (Å²) in [5.74, 6) is 0.990. The Labute approximate surface area is 199 Å². The first-order valence-corrected chi connectivity index (χ1v) is 10.6. The van der Waals surface area contributed by atoms with Crippen molar-refractivity contribution in [2.24, 2.45) is 0 Å². The van der Waals surface area contributed by atoms with Crippen molar-refractivity contribution in [3.8, 4) is 23.0 Å². The van der Waals surface area contributed by atoms with Crippen molar-refractivity contribution >= 4 is 57.5 Å². The number of hydrogen-bond acceptors (Lipinski definition) is 5. The van der Waals surface area contributed by atoms with Crippen LogP contribution in [0.2, 0.25) is 15.1 Å². The standard InChI is InChI=1S/C23H17Cl3N2O4/c1-12(31-20-7-4-14(24)10-17(20)26)22(29)27-15-5-8-21-18(11-15)28-23(32-21)13-3-6-19(30-2)16(25)9-13/h3-12H,1-2H3,(H,27,29). The minimum absolute atomic E-state index is 0.326. The number of amides is 1. The van der Waals surface area contributed by atoms with E-state index in [0.29, 0.717) is 54.8 Å². The number of aromatic nitrogens is 1. The van der Waals surface area contributed by atoms with Crippen molar-refractivity contribution in [1.29, 1.82) is 0 Å². The Morgan fingerprint density at radius 2 is 1.75 bits per heavy atom. The molecule has 4 aromatic rings. The first kappa shape index (κ1) is 22.3. The highest BCUT2D eigenvalue weighted by atomic mass is 35.5. The lowest BCUT2D eigenvalue weighted by molar-refractivity contribution is -0.122. The molecule has 0 radical (unpaired) electrons. The van der Waals surface area contributed by atoms with Crippen LogP contribution in [0.5, 0.6) is 11.5 Å². The summed E-state index contributed by atoms with van der Waals surface area (Å²) in [5.41, 5.74) is 2.41. The predicted molar refractivity (Wildman–Crippen MR) is 126 cm³/mol. The topological polar surface area (TPSA) is 73.6 Å². The SMILES string of the molecule is COc1ccc(-c2nc3cc(NC(=O)C(C)Oc4ccc(Cl)cc4Cl)ccc3o2)cc1Cl. The maximum atomic E-state index is 12.6. The van der Waals surface area contributed by atoms with Crippen LogP contribution in [0.25, 0.3) is 22.6 Å². The average molecular weight is 492 g/mol. The Kier molecular flexibility index (Phi) is 6.46. The fourth-order valence-corrected chi connectivity index (χ4v) is 3.70. The Bertz CT molecular complexity index is 1310. The minimum atomic E-state index is -0.793. The molecule has 1 amide bonds. The number of fused-ring (bicyclic) bond motifs is 1. The minimum Gasteiger partial charge on any atom is -0.495 e. The highest BCUT2D eigenvalue weighted by Gasteiger charge is 2.18. The Morgan fingerprint density at radius 1 is 1.00 bits per heavy atom. The van der Waals surface area contributed by atoms with E-state index >= 15 is 0 Å². The van der Waals surface area contributed by atoms with Gasteiger partial charge in [0.25, 0.3) is 5.91 Å². The lowest BCUT2D eigenvalue weighted by Crippen LogP contribution is -2.30. The Hall–Kier alpha value is -2.93. The molecule has 0 saturated carbocycles. The van der Waals surface area contributed by atoms with Crippen molar-refractivity contribution in [3.63, 3.8) is 0 Å². The van der Waals surface area contributed by atoms with Crippen molar-refractivity contribution in [2.45, 2.75) is 13.0 Å². The normalized spacial score (nSPS) is 11.9. The molecule has 0 bridgehead atoms. The molecule has 1 N–H and O–H groups in total. The number of benzene rings is 3. The van der Waals surface area contributed by atoms with Crippen LogP contribution >= 0.6 is 34.8 Å². The molecule has 0 aliphatic carbocycles. The molecule has 3 aromatic carbocycles. The zero-order valence-corrected chi connectivity index (χ0v) is 19.3. The molecular formula is C23H17Cl3N2O4. The van der Waals surface area contributed by atoms with Crippen LogP contribution < -0.4 is 14.8 Å². The number of hydrogen-bond donors (Lipinski definition) is 1. The molecule has 0 saturated heterocycles. The van der Waals surface area contributed by atoms with E-state index < -0.39 is 6.10 Å². The number of carbonyl (C=O) groups excluding carboxylic acids is 1. The summed E-state index contributed by atoms with van der Waals surface area (Å²) < 4.78 is 16.6. The van der Waals surface area contributed by atoms with Crippen molar-refractivity contribution in [2.75, 3.05) is 12.4 Å². The first-order chi connectivity index (χ1) is 15.3. The quantitative estimate of drug-likeness (QED) is 0.318. The van der Waals surface area contributed by atoms with Gasteiger partial charge in [0.2, 0.25) is 5.89 Å². The van der Waals surface area contributed by atoms with Crippen molar-refractivity contribution in [1.82, 2.24) is 4.98 Å². The van der Waals surface area contributed by atoms with Gasteiger partial charge in [0.1, 0.15) is 17.0 Å². The van der Waals surface area contributed by atoms with Crippen LogP contribution in [0.4, 0.5) is 5.69 Å². The predicted octanol–water partition coefficient (Wildman–Crippen LogP) is 6.87. The van der Waals surface area contributed by atoms with E-state index in [-0.39, 0.29) is 5.91 Å². The van der Waals surface area contributed by atoms with Gasteiger partial charge >= 0.3 is 0 Å². The molecule has 1 aromatic heterocycles. The highest BCUT2D eigenvalue weighted by Crippen LogP contribution is 2.32. The molecule has 0 aliphatic heterocycles. The van der Waals surface area contributed by atoms with Crippen LogP contribution in [0.1, 0.15) is 6.92 Å². The summed E-state index contributed by atoms with van der Waals surface area (Å²) in [6, 6.07) is 15.2. The van der Waals surface area contributed by atoms with Gasteiger partial charge in [-0.25, -0.2) is 4.98 Å². The molecule has 4 rings (SSSR count). The van der Waals surface area contributed by atoms with Gasteiger partial charge in [-0.15, -0.1) is 0 Å². The van der Waals surface area contributed by atoms with Crippen molar-refractivity contribution in [3.05, 3.63) is 69.7 Å². The molecule has 164 valence electrons. The lowest BCUT2D eigenvalue weighted by atomic mass is 10.2. The third-order valence-corrected chi connectivity index (χ3v) is 5.45. The third kappa shape index (κ3) is 4.78. The number of rotatable bonds is 6. The maximum Gasteiger partial charge on any atom is 0.265 e. The molecule has 0 fully saturated rings. The summed E-state index contributed by atoms with van der Waals surface area (Å²) >= 11 is 18.2. The molecule has 6 nitrogen and oxygen atoms in total. The number of halogens is 3. The van der Waals surface area contributed by atoms with Gasteiger partial charge in [0.05, 0.1) is 17.2 Å². The van der Waals surface area contributed by atoms with Crippen LogP contribution in [0.15, 0.2) is 59.0 Å². The molecule has 1 unspecified atom stereocenters. The van der Waals surface area contributed by atoms with Crippen molar-refractivity contribution < 1.29 is 18.7 Å².